The quantitative estimate of drug-likeness (QED) is 0.770. The molecule has 27 heavy (non-hydrogen) atoms. The molecule has 1 saturated heterocycles. The van der Waals surface area contributed by atoms with Crippen LogP contribution in [0.5, 0.6) is 0 Å². The molecule has 7 nitrogen and oxygen atoms in total. The van der Waals surface area contributed by atoms with Crippen molar-refractivity contribution in [1.29, 1.82) is 0 Å². The molecule has 3 aromatic rings. The summed E-state index contributed by atoms with van der Waals surface area (Å²) >= 11 is 0. The van der Waals surface area contributed by atoms with Crippen LogP contribution in [0.15, 0.2) is 35.5 Å². The standard InChI is InChI=1S/C20H24N6O/c1-13-16(8-22-23-13)12-25-9-14-7-15(11-25)18-4-3-17(20(27)26(18)10-14)19-21-5-6-24(19)2/h3-6,8,14-15H,7,9-12H2,1-2H3,(H,22,23)/t14-,15+/m0/s1. The van der Waals surface area contributed by atoms with Gasteiger partial charge in [-0.25, -0.2) is 4.98 Å². The van der Waals surface area contributed by atoms with Gasteiger partial charge in [-0.2, -0.15) is 5.10 Å². The number of pyridine rings is 1. The van der Waals surface area contributed by atoms with E-state index in [2.05, 4.69) is 33.1 Å². The molecule has 1 N–H and O–H groups in total. The first-order valence-electron chi connectivity index (χ1n) is 9.53. The molecular formula is C20H24N6O. The average molecular weight is 364 g/mol. The number of nitrogens with one attached hydrogen (secondary N) is 1. The summed E-state index contributed by atoms with van der Waals surface area (Å²) in [5.41, 5.74) is 4.36. The molecule has 5 heterocycles. The van der Waals surface area contributed by atoms with Crippen LogP contribution in [-0.4, -0.2) is 42.3 Å². The predicted octanol–water partition coefficient (Wildman–Crippen LogP) is 1.90. The van der Waals surface area contributed by atoms with E-state index in [1.54, 1.807) is 6.20 Å². The summed E-state index contributed by atoms with van der Waals surface area (Å²) in [4.78, 5) is 20.0. The summed E-state index contributed by atoms with van der Waals surface area (Å²) in [6.07, 6.45) is 6.71. The molecule has 5 rings (SSSR count). The van der Waals surface area contributed by atoms with Gasteiger partial charge in [-0.15, -0.1) is 0 Å². The number of hydrogen-bond donors (Lipinski definition) is 1. The Morgan fingerprint density at radius 3 is 2.89 bits per heavy atom. The van der Waals surface area contributed by atoms with E-state index >= 15 is 0 Å². The number of H-pyrrole nitrogens is 1. The third-order valence-corrected chi connectivity index (χ3v) is 6.07. The van der Waals surface area contributed by atoms with Crippen LogP contribution in [0.1, 0.15) is 29.3 Å². The topological polar surface area (TPSA) is 71.7 Å². The zero-order chi connectivity index (χ0) is 18.5. The van der Waals surface area contributed by atoms with Crippen LogP contribution in [0.4, 0.5) is 0 Å². The fourth-order valence-electron chi connectivity index (χ4n) is 4.75. The van der Waals surface area contributed by atoms with Crippen LogP contribution in [0, 0.1) is 12.8 Å². The Morgan fingerprint density at radius 2 is 2.15 bits per heavy atom. The molecular weight excluding hydrogens is 340 g/mol. The summed E-state index contributed by atoms with van der Waals surface area (Å²) in [5.74, 6) is 1.66. The number of aryl methyl sites for hydroxylation is 2. The molecule has 2 atom stereocenters. The molecule has 1 fully saturated rings. The number of imidazole rings is 1. The minimum absolute atomic E-state index is 0.0932. The number of hydrogen-bond acceptors (Lipinski definition) is 4. The van der Waals surface area contributed by atoms with Gasteiger partial charge >= 0.3 is 0 Å². The maximum Gasteiger partial charge on any atom is 0.261 e. The molecule has 7 heteroatoms. The van der Waals surface area contributed by atoms with E-state index in [9.17, 15) is 4.79 Å². The third kappa shape index (κ3) is 2.73. The van der Waals surface area contributed by atoms with Gasteiger partial charge < -0.3 is 9.13 Å². The first-order valence-corrected chi connectivity index (χ1v) is 9.53. The van der Waals surface area contributed by atoms with Gasteiger partial charge in [-0.3, -0.25) is 14.8 Å². The van der Waals surface area contributed by atoms with Crippen LogP contribution in [-0.2, 0) is 20.1 Å². The van der Waals surface area contributed by atoms with Crippen molar-refractivity contribution in [3.05, 3.63) is 58.0 Å². The molecule has 2 aliphatic heterocycles. The highest BCUT2D eigenvalue weighted by atomic mass is 16.1. The van der Waals surface area contributed by atoms with Gasteiger partial charge in [0.25, 0.3) is 5.56 Å². The molecule has 3 aromatic heterocycles. The Balaban J connectivity index is 1.46. The summed E-state index contributed by atoms with van der Waals surface area (Å²) < 4.78 is 3.91. The number of rotatable bonds is 3. The van der Waals surface area contributed by atoms with E-state index in [0.29, 0.717) is 17.4 Å². The number of aromatic amines is 1. The molecule has 2 aliphatic rings. The zero-order valence-corrected chi connectivity index (χ0v) is 15.7. The lowest BCUT2D eigenvalue weighted by atomic mass is 9.82. The Morgan fingerprint density at radius 1 is 1.26 bits per heavy atom. The van der Waals surface area contributed by atoms with Crippen molar-refractivity contribution in [3.8, 4) is 11.4 Å². The first kappa shape index (κ1) is 16.5. The van der Waals surface area contributed by atoms with E-state index in [0.717, 1.165) is 37.7 Å². The van der Waals surface area contributed by atoms with Gasteiger partial charge in [0.1, 0.15) is 5.82 Å². The molecule has 0 aromatic carbocycles. The van der Waals surface area contributed by atoms with Crippen molar-refractivity contribution in [2.45, 2.75) is 32.4 Å². The summed E-state index contributed by atoms with van der Waals surface area (Å²) in [5, 5.41) is 7.17. The second-order valence-electron chi connectivity index (χ2n) is 7.96. The number of nitrogens with zero attached hydrogens (tertiary/aromatic N) is 5. The molecule has 0 amide bonds. The Labute approximate surface area is 157 Å². The zero-order valence-electron chi connectivity index (χ0n) is 15.7. The molecule has 0 radical (unpaired) electrons. The maximum atomic E-state index is 13.2. The van der Waals surface area contributed by atoms with Crippen molar-refractivity contribution in [3.63, 3.8) is 0 Å². The SMILES string of the molecule is Cc1[nH]ncc1CN1C[C@@H]2C[C@H](C1)c1ccc(-c3nccn3C)c(=O)n1C2. The van der Waals surface area contributed by atoms with Gasteiger partial charge in [0.05, 0.1) is 11.8 Å². The van der Waals surface area contributed by atoms with Crippen LogP contribution in [0.2, 0.25) is 0 Å². The summed E-state index contributed by atoms with van der Waals surface area (Å²) in [6, 6.07) is 4.09. The number of aromatic nitrogens is 5. The van der Waals surface area contributed by atoms with Crippen LogP contribution >= 0.6 is 0 Å². The predicted molar refractivity (Wildman–Crippen MR) is 102 cm³/mol. The number of likely N-dealkylation sites (tertiary alicyclic amines) is 1. The van der Waals surface area contributed by atoms with E-state index in [-0.39, 0.29) is 5.56 Å². The lowest BCUT2D eigenvalue weighted by Gasteiger charge is -2.43. The molecule has 0 saturated carbocycles. The van der Waals surface area contributed by atoms with Gasteiger partial charge in [0.2, 0.25) is 0 Å². The van der Waals surface area contributed by atoms with Gasteiger partial charge in [0.15, 0.2) is 0 Å². The summed E-state index contributed by atoms with van der Waals surface area (Å²) in [7, 11) is 1.93. The molecule has 0 unspecified atom stereocenters. The minimum atomic E-state index is 0.0932. The van der Waals surface area contributed by atoms with E-state index in [1.165, 1.54) is 17.7 Å². The summed E-state index contributed by atoms with van der Waals surface area (Å²) in [6.45, 7) is 5.80. The largest absolute Gasteiger partial charge is 0.334 e. The van der Waals surface area contributed by atoms with Gasteiger partial charge in [0, 0.05) is 68.5 Å². The fraction of sp³-hybridized carbons (Fsp3) is 0.450. The lowest BCUT2D eigenvalue weighted by Crippen LogP contribution is -2.47. The number of piperidine rings is 1. The average Bonchev–Trinajstić information content (AvgIpc) is 3.24. The maximum absolute atomic E-state index is 13.2. The Kier molecular flexibility index (Phi) is 3.79. The Hall–Kier alpha value is -2.67. The van der Waals surface area contributed by atoms with Crippen molar-refractivity contribution < 1.29 is 0 Å². The van der Waals surface area contributed by atoms with Gasteiger partial charge in [-0.1, -0.05) is 0 Å². The van der Waals surface area contributed by atoms with Crippen molar-refractivity contribution in [1.82, 2.24) is 29.2 Å². The van der Waals surface area contributed by atoms with E-state index < -0.39 is 0 Å². The molecule has 140 valence electrons. The minimum Gasteiger partial charge on any atom is -0.334 e. The van der Waals surface area contributed by atoms with Crippen LogP contribution in [0.25, 0.3) is 11.4 Å². The smallest absolute Gasteiger partial charge is 0.261 e. The highest BCUT2D eigenvalue weighted by Crippen LogP contribution is 2.36. The second kappa shape index (κ2) is 6.20. The van der Waals surface area contributed by atoms with Crippen molar-refractivity contribution >= 4 is 0 Å². The lowest BCUT2D eigenvalue weighted by molar-refractivity contribution is 0.114. The van der Waals surface area contributed by atoms with E-state index in [1.807, 2.05) is 34.6 Å². The normalized spacial score (nSPS) is 22.0. The molecule has 0 spiro atoms. The Bertz CT molecular complexity index is 1040. The molecule has 2 bridgehead atoms. The van der Waals surface area contributed by atoms with Crippen molar-refractivity contribution in [2.24, 2.45) is 13.0 Å². The van der Waals surface area contributed by atoms with Crippen molar-refractivity contribution in [2.75, 3.05) is 13.1 Å². The second-order valence-corrected chi connectivity index (χ2v) is 7.96. The molecule has 0 aliphatic carbocycles. The van der Waals surface area contributed by atoms with E-state index in [4.69, 9.17) is 0 Å². The van der Waals surface area contributed by atoms with Gasteiger partial charge in [-0.05, 0) is 31.4 Å². The fourth-order valence-corrected chi connectivity index (χ4v) is 4.75. The van der Waals surface area contributed by atoms with Crippen LogP contribution in [0.3, 0.4) is 0 Å². The highest BCUT2D eigenvalue weighted by Gasteiger charge is 2.35. The first-order chi connectivity index (χ1) is 13.1. The number of fused-ring (bicyclic) bond motifs is 4. The monoisotopic (exact) mass is 364 g/mol. The third-order valence-electron chi connectivity index (χ3n) is 6.07. The highest BCUT2D eigenvalue weighted by molar-refractivity contribution is 5.54. The van der Waals surface area contributed by atoms with Crippen LogP contribution < -0.4 is 5.56 Å².